The van der Waals surface area contributed by atoms with Crippen LogP contribution in [0.3, 0.4) is 0 Å². The lowest BCUT2D eigenvalue weighted by molar-refractivity contribution is 0.254. The summed E-state index contributed by atoms with van der Waals surface area (Å²) in [6.45, 7) is 14.0. The highest BCUT2D eigenvalue weighted by Crippen LogP contribution is 2.24. The van der Waals surface area contributed by atoms with Crippen LogP contribution in [-0.4, -0.2) is 37.2 Å². The first-order chi connectivity index (χ1) is 8.00. The summed E-state index contributed by atoms with van der Waals surface area (Å²) in [6.07, 6.45) is 2.70. The largest absolute Gasteiger partial charge is 0.317 e. The van der Waals surface area contributed by atoms with Crippen molar-refractivity contribution in [2.24, 2.45) is 11.3 Å². The molecule has 1 fully saturated rings. The fourth-order valence-electron chi connectivity index (χ4n) is 1.88. The second-order valence-electron chi connectivity index (χ2n) is 6.29. The standard InChI is InChI=1S/C14H30N2S/c1-12(14(2,3)4)11-16-9-10-17-13-5-7-15-8-6-13/h12-13,15-16H,5-11H2,1-4H3. The first kappa shape index (κ1) is 15.3. The average molecular weight is 258 g/mol. The third-order valence-corrected chi connectivity index (χ3v) is 5.23. The Balaban J connectivity index is 1.97. The molecule has 0 amide bonds. The number of thioether (sulfide) groups is 1. The lowest BCUT2D eigenvalue weighted by Crippen LogP contribution is -2.32. The quantitative estimate of drug-likeness (QED) is 0.716. The molecule has 1 rings (SSSR count). The maximum absolute atomic E-state index is 3.59. The van der Waals surface area contributed by atoms with Crippen molar-refractivity contribution in [1.29, 1.82) is 0 Å². The van der Waals surface area contributed by atoms with Crippen molar-refractivity contribution in [3.8, 4) is 0 Å². The van der Waals surface area contributed by atoms with Crippen LogP contribution in [0.4, 0.5) is 0 Å². The normalized spacial score (nSPS) is 20.5. The van der Waals surface area contributed by atoms with Gasteiger partial charge < -0.3 is 10.6 Å². The lowest BCUT2D eigenvalue weighted by atomic mass is 9.82. The topological polar surface area (TPSA) is 24.1 Å². The molecule has 1 aliphatic heterocycles. The van der Waals surface area contributed by atoms with E-state index in [-0.39, 0.29) is 0 Å². The van der Waals surface area contributed by atoms with Crippen molar-refractivity contribution < 1.29 is 0 Å². The zero-order chi connectivity index (χ0) is 12.7. The smallest absolute Gasteiger partial charge is 0.00716 e. The van der Waals surface area contributed by atoms with Crippen molar-refractivity contribution in [3.63, 3.8) is 0 Å². The van der Waals surface area contributed by atoms with Crippen LogP contribution >= 0.6 is 11.8 Å². The molecule has 0 saturated carbocycles. The molecule has 1 heterocycles. The van der Waals surface area contributed by atoms with Crippen LogP contribution in [0.5, 0.6) is 0 Å². The van der Waals surface area contributed by atoms with Gasteiger partial charge in [0.15, 0.2) is 0 Å². The summed E-state index contributed by atoms with van der Waals surface area (Å²) in [4.78, 5) is 0. The molecule has 0 aromatic heterocycles. The molecule has 0 bridgehead atoms. The monoisotopic (exact) mass is 258 g/mol. The minimum absolute atomic E-state index is 0.426. The molecule has 0 radical (unpaired) electrons. The zero-order valence-electron chi connectivity index (χ0n) is 12.0. The van der Waals surface area contributed by atoms with Crippen LogP contribution in [0, 0.1) is 11.3 Å². The van der Waals surface area contributed by atoms with Gasteiger partial charge in [-0.2, -0.15) is 11.8 Å². The third-order valence-electron chi connectivity index (χ3n) is 3.85. The predicted molar refractivity (Wildman–Crippen MR) is 79.8 cm³/mol. The fraction of sp³-hybridized carbons (Fsp3) is 1.00. The molecule has 0 aromatic carbocycles. The number of rotatable bonds is 6. The van der Waals surface area contributed by atoms with E-state index >= 15 is 0 Å². The average Bonchev–Trinajstić information content (AvgIpc) is 2.28. The van der Waals surface area contributed by atoms with Crippen LogP contribution < -0.4 is 10.6 Å². The summed E-state index contributed by atoms with van der Waals surface area (Å²) in [7, 11) is 0. The van der Waals surface area contributed by atoms with Gasteiger partial charge in [0, 0.05) is 17.5 Å². The van der Waals surface area contributed by atoms with E-state index in [4.69, 9.17) is 0 Å². The highest BCUT2D eigenvalue weighted by atomic mass is 32.2. The third kappa shape index (κ3) is 6.68. The molecule has 102 valence electrons. The van der Waals surface area contributed by atoms with Gasteiger partial charge in [-0.25, -0.2) is 0 Å². The van der Waals surface area contributed by atoms with Crippen LogP contribution in [0.25, 0.3) is 0 Å². The Morgan fingerprint density at radius 2 is 1.94 bits per heavy atom. The lowest BCUT2D eigenvalue weighted by Gasteiger charge is -2.27. The minimum Gasteiger partial charge on any atom is -0.317 e. The molecular formula is C14H30N2S. The molecule has 1 aliphatic rings. The molecule has 0 spiro atoms. The number of hydrogen-bond donors (Lipinski definition) is 2. The molecule has 17 heavy (non-hydrogen) atoms. The van der Waals surface area contributed by atoms with Gasteiger partial charge in [-0.05, 0) is 43.8 Å². The Kier molecular flexibility index (Phi) is 6.90. The van der Waals surface area contributed by atoms with E-state index in [1.807, 2.05) is 0 Å². The van der Waals surface area contributed by atoms with E-state index in [9.17, 15) is 0 Å². The molecule has 3 heteroatoms. The molecule has 2 nitrogen and oxygen atoms in total. The maximum atomic E-state index is 3.59. The highest BCUT2D eigenvalue weighted by molar-refractivity contribution is 7.99. The van der Waals surface area contributed by atoms with Gasteiger partial charge in [-0.15, -0.1) is 0 Å². The summed E-state index contributed by atoms with van der Waals surface area (Å²) in [6, 6.07) is 0. The van der Waals surface area contributed by atoms with E-state index in [1.165, 1.54) is 31.7 Å². The first-order valence-electron chi connectivity index (χ1n) is 7.03. The molecule has 0 aromatic rings. The van der Waals surface area contributed by atoms with Crippen molar-refractivity contribution in [1.82, 2.24) is 10.6 Å². The van der Waals surface area contributed by atoms with Gasteiger partial charge in [-0.3, -0.25) is 0 Å². The first-order valence-corrected chi connectivity index (χ1v) is 8.08. The van der Waals surface area contributed by atoms with Crippen LogP contribution in [0.1, 0.15) is 40.5 Å². The SMILES string of the molecule is CC(CNCCSC1CCNCC1)C(C)(C)C. The Bertz CT molecular complexity index is 195. The molecular weight excluding hydrogens is 228 g/mol. The predicted octanol–water partition coefficient (Wildman–Crippen LogP) is 2.74. The maximum Gasteiger partial charge on any atom is 0.00716 e. The van der Waals surface area contributed by atoms with E-state index in [0.29, 0.717) is 5.41 Å². The number of nitrogens with one attached hydrogen (secondary N) is 2. The number of hydrogen-bond acceptors (Lipinski definition) is 3. The van der Waals surface area contributed by atoms with Crippen molar-refractivity contribution in [3.05, 3.63) is 0 Å². The summed E-state index contributed by atoms with van der Waals surface area (Å²) in [5, 5.41) is 7.91. The minimum atomic E-state index is 0.426. The van der Waals surface area contributed by atoms with E-state index in [1.54, 1.807) is 0 Å². The van der Waals surface area contributed by atoms with Gasteiger partial charge in [0.1, 0.15) is 0 Å². The second kappa shape index (κ2) is 7.65. The number of piperidine rings is 1. The van der Waals surface area contributed by atoms with Crippen molar-refractivity contribution in [2.75, 3.05) is 31.9 Å². The van der Waals surface area contributed by atoms with Gasteiger partial charge >= 0.3 is 0 Å². The Morgan fingerprint density at radius 1 is 1.29 bits per heavy atom. The second-order valence-corrected chi connectivity index (χ2v) is 7.70. The van der Waals surface area contributed by atoms with Gasteiger partial charge in [0.2, 0.25) is 0 Å². The molecule has 1 saturated heterocycles. The van der Waals surface area contributed by atoms with E-state index in [2.05, 4.69) is 50.1 Å². The molecule has 1 atom stereocenters. The molecule has 0 aliphatic carbocycles. The fourth-order valence-corrected chi connectivity index (χ4v) is 3.05. The highest BCUT2D eigenvalue weighted by Gasteiger charge is 2.19. The van der Waals surface area contributed by atoms with Gasteiger partial charge in [0.25, 0.3) is 0 Å². The van der Waals surface area contributed by atoms with Crippen molar-refractivity contribution >= 4 is 11.8 Å². The van der Waals surface area contributed by atoms with Gasteiger partial charge in [0.05, 0.1) is 0 Å². The van der Waals surface area contributed by atoms with Crippen LogP contribution in [0.2, 0.25) is 0 Å². The van der Waals surface area contributed by atoms with Crippen LogP contribution in [-0.2, 0) is 0 Å². The Hall–Kier alpha value is 0.270. The summed E-state index contributed by atoms with van der Waals surface area (Å²) in [5.41, 5.74) is 0.426. The molecule has 2 N–H and O–H groups in total. The van der Waals surface area contributed by atoms with Crippen LogP contribution in [0.15, 0.2) is 0 Å². The van der Waals surface area contributed by atoms with E-state index < -0.39 is 0 Å². The summed E-state index contributed by atoms with van der Waals surface area (Å²) in [5.74, 6) is 2.01. The Morgan fingerprint density at radius 3 is 2.53 bits per heavy atom. The summed E-state index contributed by atoms with van der Waals surface area (Å²) >= 11 is 2.15. The summed E-state index contributed by atoms with van der Waals surface area (Å²) < 4.78 is 0. The zero-order valence-corrected chi connectivity index (χ0v) is 12.8. The van der Waals surface area contributed by atoms with Crippen molar-refractivity contribution in [2.45, 2.75) is 45.8 Å². The van der Waals surface area contributed by atoms with Gasteiger partial charge in [-0.1, -0.05) is 27.7 Å². The van der Waals surface area contributed by atoms with E-state index in [0.717, 1.165) is 24.3 Å². The molecule has 1 unspecified atom stereocenters. The Labute approximate surface area is 112 Å².